The molecule has 0 amide bonds. The SMILES string of the molecule is COc1ccc(-c2cnc(N)c(-c3ccc(CC(=O)c4cn(CC5CCOCC5)cc(-c5ncc(C)cn5)c4=O)cc3F)c2)cc1OC. The molecule has 246 valence electrons. The first kappa shape index (κ1) is 32.5. The van der Waals surface area contributed by atoms with Gasteiger partial charge in [-0.25, -0.2) is 19.3 Å². The predicted molar refractivity (Wildman–Crippen MR) is 181 cm³/mol. The number of hydrogen-bond donors (Lipinski definition) is 1. The summed E-state index contributed by atoms with van der Waals surface area (Å²) in [5, 5.41) is 0. The maximum atomic E-state index is 15.7. The van der Waals surface area contributed by atoms with E-state index in [2.05, 4.69) is 15.0 Å². The van der Waals surface area contributed by atoms with E-state index in [4.69, 9.17) is 19.9 Å². The second kappa shape index (κ2) is 14.1. The van der Waals surface area contributed by atoms with Crippen LogP contribution in [0, 0.1) is 18.7 Å². The van der Waals surface area contributed by atoms with Crippen LogP contribution in [0.25, 0.3) is 33.6 Å². The van der Waals surface area contributed by atoms with E-state index in [1.807, 2.05) is 17.6 Å². The Morgan fingerprint density at radius 3 is 2.38 bits per heavy atom. The number of Topliss-reactive ketones (excluding diaryl/α,β-unsaturated/α-hetero) is 1. The first-order valence-corrected chi connectivity index (χ1v) is 15.6. The van der Waals surface area contributed by atoms with Gasteiger partial charge in [0.15, 0.2) is 23.1 Å². The summed E-state index contributed by atoms with van der Waals surface area (Å²) in [5.41, 5.74) is 9.37. The van der Waals surface area contributed by atoms with E-state index in [1.54, 1.807) is 75.5 Å². The van der Waals surface area contributed by atoms with Crippen molar-refractivity contribution in [2.45, 2.75) is 32.7 Å². The second-order valence-electron chi connectivity index (χ2n) is 11.9. The van der Waals surface area contributed by atoms with Gasteiger partial charge >= 0.3 is 0 Å². The molecule has 48 heavy (non-hydrogen) atoms. The maximum absolute atomic E-state index is 15.7. The van der Waals surface area contributed by atoms with Crippen LogP contribution in [-0.4, -0.2) is 52.7 Å². The van der Waals surface area contributed by atoms with Crippen LogP contribution >= 0.6 is 0 Å². The van der Waals surface area contributed by atoms with Crippen LogP contribution in [0.5, 0.6) is 11.5 Å². The molecule has 1 aliphatic rings. The van der Waals surface area contributed by atoms with Gasteiger partial charge < -0.3 is 24.5 Å². The lowest BCUT2D eigenvalue weighted by atomic mass is 9.97. The Morgan fingerprint density at radius 1 is 0.917 bits per heavy atom. The Labute approximate surface area is 277 Å². The van der Waals surface area contributed by atoms with Gasteiger partial charge in [0.2, 0.25) is 5.43 Å². The Bertz CT molecular complexity index is 2020. The zero-order valence-electron chi connectivity index (χ0n) is 27.0. The van der Waals surface area contributed by atoms with E-state index in [9.17, 15) is 9.59 Å². The molecule has 0 unspecified atom stereocenters. The van der Waals surface area contributed by atoms with Crippen LogP contribution in [0.15, 0.2) is 78.2 Å². The number of methoxy groups -OCH3 is 2. The average Bonchev–Trinajstić information content (AvgIpc) is 3.10. The lowest BCUT2D eigenvalue weighted by Crippen LogP contribution is -2.25. The lowest BCUT2D eigenvalue weighted by molar-refractivity contribution is 0.0612. The monoisotopic (exact) mass is 649 g/mol. The molecule has 0 atom stereocenters. The number of hydrogen-bond acceptors (Lipinski definition) is 9. The number of ether oxygens (including phenoxy) is 3. The van der Waals surface area contributed by atoms with Crippen LogP contribution < -0.4 is 20.6 Å². The number of nitrogens with two attached hydrogens (primary N) is 1. The quantitative estimate of drug-likeness (QED) is 0.183. The van der Waals surface area contributed by atoms with Crippen molar-refractivity contribution in [1.82, 2.24) is 19.5 Å². The molecule has 3 aromatic heterocycles. The highest BCUT2D eigenvalue weighted by atomic mass is 19.1. The predicted octanol–water partition coefficient (Wildman–Crippen LogP) is 5.93. The molecule has 1 saturated heterocycles. The summed E-state index contributed by atoms with van der Waals surface area (Å²) in [7, 11) is 3.11. The lowest BCUT2D eigenvalue weighted by Gasteiger charge is -2.23. The standard InChI is InChI=1S/C37H36FN5O5/c1-22-16-41-37(42-17-22)30-21-43(19-23-8-10-48-11-9-23)20-29(35(30)45)32(44)13-24-4-6-27(31(38)12-24)28-14-26(18-40-36(28)39)25-5-7-33(46-2)34(15-25)47-3/h4-7,12,14-18,20-21,23H,8-11,13,19H2,1-3H3,(H2,39,40). The summed E-state index contributed by atoms with van der Waals surface area (Å²) in [6, 6.07) is 11.7. The van der Waals surface area contributed by atoms with E-state index in [0.29, 0.717) is 53.9 Å². The molecule has 4 heterocycles. The van der Waals surface area contributed by atoms with E-state index >= 15 is 4.39 Å². The molecule has 0 spiro atoms. The first-order chi connectivity index (χ1) is 23.2. The third-order valence-electron chi connectivity index (χ3n) is 8.53. The summed E-state index contributed by atoms with van der Waals surface area (Å²) in [5.74, 6) is 0.857. The van der Waals surface area contributed by atoms with Gasteiger partial charge in [-0.2, -0.15) is 0 Å². The Hall–Kier alpha value is -5.42. The summed E-state index contributed by atoms with van der Waals surface area (Å²) >= 11 is 0. The normalized spacial score (nSPS) is 13.3. The van der Waals surface area contributed by atoms with Crippen molar-refractivity contribution >= 4 is 11.6 Å². The number of benzene rings is 2. The molecule has 6 rings (SSSR count). The second-order valence-corrected chi connectivity index (χ2v) is 11.9. The van der Waals surface area contributed by atoms with Gasteiger partial charge in [-0.05, 0) is 66.6 Å². The number of aryl methyl sites for hydroxylation is 1. The number of pyridine rings is 2. The number of nitrogen functional groups attached to an aromatic ring is 1. The van der Waals surface area contributed by atoms with Crippen molar-refractivity contribution in [2.75, 3.05) is 33.2 Å². The largest absolute Gasteiger partial charge is 0.493 e. The minimum atomic E-state index is -0.572. The number of nitrogens with zero attached hydrogens (tertiary/aromatic N) is 4. The van der Waals surface area contributed by atoms with Gasteiger partial charge in [0.25, 0.3) is 0 Å². The van der Waals surface area contributed by atoms with Gasteiger partial charge in [0.05, 0.1) is 25.3 Å². The fourth-order valence-corrected chi connectivity index (χ4v) is 5.89. The number of rotatable bonds is 10. The molecular formula is C37H36FN5O5. The fourth-order valence-electron chi connectivity index (χ4n) is 5.89. The molecule has 0 saturated carbocycles. The molecular weight excluding hydrogens is 613 g/mol. The highest BCUT2D eigenvalue weighted by Gasteiger charge is 2.21. The van der Waals surface area contributed by atoms with Crippen molar-refractivity contribution in [3.63, 3.8) is 0 Å². The van der Waals surface area contributed by atoms with Gasteiger partial charge in [-0.1, -0.05) is 18.2 Å². The number of ketones is 1. The summed E-state index contributed by atoms with van der Waals surface area (Å²) in [4.78, 5) is 40.4. The molecule has 0 bridgehead atoms. The molecule has 5 aromatic rings. The maximum Gasteiger partial charge on any atom is 0.203 e. The van der Waals surface area contributed by atoms with Crippen LogP contribution in [-0.2, 0) is 17.7 Å². The number of anilines is 1. The Morgan fingerprint density at radius 2 is 1.67 bits per heavy atom. The minimum absolute atomic E-state index is 0.00397. The Kier molecular flexibility index (Phi) is 9.58. The molecule has 10 nitrogen and oxygen atoms in total. The first-order valence-electron chi connectivity index (χ1n) is 15.6. The third kappa shape index (κ3) is 6.96. The smallest absolute Gasteiger partial charge is 0.203 e. The number of carbonyl (C=O) groups excluding carboxylic acids is 1. The number of carbonyl (C=O) groups is 1. The molecule has 2 aromatic carbocycles. The van der Waals surface area contributed by atoms with E-state index < -0.39 is 17.0 Å². The third-order valence-corrected chi connectivity index (χ3v) is 8.53. The highest BCUT2D eigenvalue weighted by Crippen LogP contribution is 2.35. The van der Waals surface area contributed by atoms with Gasteiger partial charge in [-0.3, -0.25) is 9.59 Å². The van der Waals surface area contributed by atoms with Gasteiger partial charge in [-0.15, -0.1) is 0 Å². The minimum Gasteiger partial charge on any atom is -0.493 e. The zero-order chi connectivity index (χ0) is 33.8. The molecule has 0 aliphatic carbocycles. The van der Waals surface area contributed by atoms with Crippen LogP contribution in [0.3, 0.4) is 0 Å². The zero-order valence-corrected chi connectivity index (χ0v) is 27.0. The average molecular weight is 650 g/mol. The summed E-state index contributed by atoms with van der Waals surface area (Å²) < 4.78 is 33.8. The number of aromatic nitrogens is 4. The summed E-state index contributed by atoms with van der Waals surface area (Å²) in [6.07, 6.45) is 9.77. The summed E-state index contributed by atoms with van der Waals surface area (Å²) in [6.45, 7) is 3.82. The van der Waals surface area contributed by atoms with E-state index in [-0.39, 0.29) is 34.8 Å². The van der Waals surface area contributed by atoms with Crippen LogP contribution in [0.1, 0.15) is 34.3 Å². The van der Waals surface area contributed by atoms with Gasteiger partial charge in [0, 0.05) is 73.9 Å². The van der Waals surface area contributed by atoms with Crippen molar-refractivity contribution < 1.29 is 23.4 Å². The van der Waals surface area contributed by atoms with Crippen molar-refractivity contribution in [3.05, 3.63) is 106 Å². The van der Waals surface area contributed by atoms with Crippen molar-refractivity contribution in [3.8, 4) is 45.1 Å². The fraction of sp³-hybridized carbons (Fsp3) is 0.270. The van der Waals surface area contributed by atoms with E-state index in [0.717, 1.165) is 24.0 Å². The van der Waals surface area contributed by atoms with Crippen LogP contribution in [0.2, 0.25) is 0 Å². The molecule has 11 heteroatoms. The molecule has 1 aliphatic heterocycles. The van der Waals surface area contributed by atoms with Gasteiger partial charge in [0.1, 0.15) is 11.6 Å². The van der Waals surface area contributed by atoms with E-state index in [1.165, 1.54) is 6.07 Å². The van der Waals surface area contributed by atoms with Crippen molar-refractivity contribution in [2.24, 2.45) is 5.92 Å². The molecule has 1 fully saturated rings. The van der Waals surface area contributed by atoms with Crippen molar-refractivity contribution in [1.29, 1.82) is 0 Å². The Balaban J connectivity index is 1.29. The molecule has 0 radical (unpaired) electrons. The number of halogens is 1. The van der Waals surface area contributed by atoms with Crippen LogP contribution in [0.4, 0.5) is 10.2 Å². The topological polar surface area (TPSA) is 131 Å². The highest BCUT2D eigenvalue weighted by molar-refractivity contribution is 5.98. The molecule has 2 N–H and O–H groups in total.